The molecule has 2 aromatic carbocycles. The van der Waals surface area contributed by atoms with Gasteiger partial charge in [-0.25, -0.2) is 4.57 Å². The molecule has 0 saturated carbocycles. The van der Waals surface area contributed by atoms with Crippen LogP contribution in [-0.2, 0) is 7.05 Å². The smallest absolute Gasteiger partial charge is 0.213 e. The van der Waals surface area contributed by atoms with Crippen molar-refractivity contribution >= 4 is 10.8 Å². The molecule has 0 unspecified atom stereocenters. The van der Waals surface area contributed by atoms with Crippen LogP contribution >= 0.6 is 0 Å². The summed E-state index contributed by atoms with van der Waals surface area (Å²) in [6, 6.07) is 23.2. The van der Waals surface area contributed by atoms with Gasteiger partial charge in [-0.1, -0.05) is 42.5 Å². The molecule has 0 saturated heterocycles. The van der Waals surface area contributed by atoms with Crippen LogP contribution in [-0.4, -0.2) is 4.98 Å². The average molecular weight is 311 g/mol. The quantitative estimate of drug-likeness (QED) is 0.490. The summed E-state index contributed by atoms with van der Waals surface area (Å²) in [5.41, 5.74) is 5.95. The summed E-state index contributed by atoms with van der Waals surface area (Å²) < 4.78 is 2.21. The number of rotatable bonds is 2. The highest BCUT2D eigenvalue weighted by Crippen LogP contribution is 2.29. The van der Waals surface area contributed by atoms with Crippen LogP contribution in [0.1, 0.15) is 5.56 Å². The summed E-state index contributed by atoms with van der Waals surface area (Å²) >= 11 is 0. The Morgan fingerprint density at radius 1 is 0.833 bits per heavy atom. The van der Waals surface area contributed by atoms with Crippen LogP contribution in [0.15, 0.2) is 79.1 Å². The van der Waals surface area contributed by atoms with Crippen molar-refractivity contribution in [3.63, 3.8) is 0 Å². The lowest BCUT2D eigenvalue weighted by Crippen LogP contribution is -2.30. The van der Waals surface area contributed by atoms with Gasteiger partial charge in [-0.05, 0) is 36.1 Å². The van der Waals surface area contributed by atoms with Gasteiger partial charge >= 0.3 is 0 Å². The summed E-state index contributed by atoms with van der Waals surface area (Å²) in [4.78, 5) is 4.51. The molecule has 0 radical (unpaired) electrons. The molecule has 0 fully saturated rings. The standard InChI is InChI=1S/C22H19N2/c1-16-8-3-4-10-18(16)22-14-17-9-7-11-19(20(17)15-24(22)2)21-12-5-6-13-23-21/h3-15H,1-2H3/q+1. The van der Waals surface area contributed by atoms with E-state index in [1.807, 2.05) is 18.3 Å². The molecular formula is C22H19N2+. The third-order valence-corrected chi connectivity index (χ3v) is 4.50. The van der Waals surface area contributed by atoms with E-state index in [4.69, 9.17) is 0 Å². The van der Waals surface area contributed by atoms with E-state index in [1.165, 1.54) is 33.2 Å². The molecule has 4 rings (SSSR count). The van der Waals surface area contributed by atoms with Crippen LogP contribution < -0.4 is 4.57 Å². The molecule has 0 atom stereocenters. The Hall–Kier alpha value is -3.00. The zero-order chi connectivity index (χ0) is 16.5. The molecule has 2 aromatic heterocycles. The van der Waals surface area contributed by atoms with Gasteiger partial charge in [0.1, 0.15) is 7.05 Å². The average Bonchev–Trinajstić information content (AvgIpc) is 2.62. The topological polar surface area (TPSA) is 16.8 Å². The van der Waals surface area contributed by atoms with Gasteiger partial charge in [0.25, 0.3) is 0 Å². The molecular weight excluding hydrogens is 292 g/mol. The maximum absolute atomic E-state index is 4.51. The van der Waals surface area contributed by atoms with Crippen molar-refractivity contribution in [1.29, 1.82) is 0 Å². The summed E-state index contributed by atoms with van der Waals surface area (Å²) in [5, 5.41) is 2.45. The van der Waals surface area contributed by atoms with Gasteiger partial charge in [0.05, 0.1) is 11.1 Å². The van der Waals surface area contributed by atoms with Crippen LogP contribution in [0.3, 0.4) is 0 Å². The highest BCUT2D eigenvalue weighted by Gasteiger charge is 2.15. The first-order chi connectivity index (χ1) is 11.7. The largest absolute Gasteiger partial charge is 0.256 e. The predicted molar refractivity (Wildman–Crippen MR) is 98.5 cm³/mol. The Morgan fingerprint density at radius 3 is 2.42 bits per heavy atom. The van der Waals surface area contributed by atoms with Crippen molar-refractivity contribution in [1.82, 2.24) is 4.98 Å². The van der Waals surface area contributed by atoms with Gasteiger partial charge < -0.3 is 0 Å². The lowest BCUT2D eigenvalue weighted by atomic mass is 9.99. The van der Waals surface area contributed by atoms with Crippen molar-refractivity contribution in [2.24, 2.45) is 7.05 Å². The minimum Gasteiger partial charge on any atom is -0.256 e. The maximum atomic E-state index is 4.51. The highest BCUT2D eigenvalue weighted by molar-refractivity contribution is 5.96. The van der Waals surface area contributed by atoms with Gasteiger partial charge in [-0.2, -0.15) is 0 Å². The molecule has 0 aliphatic rings. The maximum Gasteiger partial charge on any atom is 0.213 e. The van der Waals surface area contributed by atoms with E-state index in [-0.39, 0.29) is 0 Å². The highest BCUT2D eigenvalue weighted by atomic mass is 14.9. The van der Waals surface area contributed by atoms with Crippen LogP contribution in [0.25, 0.3) is 33.3 Å². The third kappa shape index (κ3) is 2.46. The van der Waals surface area contributed by atoms with E-state index in [1.54, 1.807) is 0 Å². The van der Waals surface area contributed by atoms with Gasteiger partial charge in [0.2, 0.25) is 5.69 Å². The molecule has 2 heteroatoms. The van der Waals surface area contributed by atoms with E-state index in [0.29, 0.717) is 0 Å². The number of aromatic nitrogens is 2. The van der Waals surface area contributed by atoms with E-state index in [2.05, 4.69) is 84.3 Å². The molecule has 24 heavy (non-hydrogen) atoms. The van der Waals surface area contributed by atoms with Crippen molar-refractivity contribution in [2.45, 2.75) is 6.92 Å². The molecule has 2 nitrogen and oxygen atoms in total. The minimum absolute atomic E-state index is 1.01. The van der Waals surface area contributed by atoms with Crippen LogP contribution in [0.5, 0.6) is 0 Å². The first-order valence-electron chi connectivity index (χ1n) is 8.14. The Kier molecular flexibility index (Phi) is 3.58. The molecule has 2 heterocycles. The van der Waals surface area contributed by atoms with Crippen molar-refractivity contribution in [3.05, 3.63) is 84.7 Å². The van der Waals surface area contributed by atoms with E-state index in [0.717, 1.165) is 5.69 Å². The van der Waals surface area contributed by atoms with Crippen molar-refractivity contribution in [2.75, 3.05) is 0 Å². The van der Waals surface area contributed by atoms with Crippen LogP contribution in [0, 0.1) is 6.92 Å². The van der Waals surface area contributed by atoms with E-state index < -0.39 is 0 Å². The second-order valence-corrected chi connectivity index (χ2v) is 6.11. The number of aryl methyl sites for hydroxylation is 2. The fraction of sp³-hybridized carbons (Fsp3) is 0.0909. The van der Waals surface area contributed by atoms with E-state index >= 15 is 0 Å². The summed E-state index contributed by atoms with van der Waals surface area (Å²) in [6.45, 7) is 2.16. The second-order valence-electron chi connectivity index (χ2n) is 6.11. The normalized spacial score (nSPS) is 10.9. The lowest BCUT2D eigenvalue weighted by Gasteiger charge is -2.08. The SMILES string of the molecule is Cc1ccccc1-c1cc2cccc(-c3ccccn3)c2c[n+]1C. The monoisotopic (exact) mass is 311 g/mol. The second kappa shape index (κ2) is 5.89. The van der Waals surface area contributed by atoms with Gasteiger partial charge in [-0.3, -0.25) is 4.98 Å². The molecule has 0 aliphatic heterocycles. The Balaban J connectivity index is 1.97. The molecule has 4 aromatic rings. The van der Waals surface area contributed by atoms with Gasteiger partial charge in [-0.15, -0.1) is 0 Å². The molecule has 0 aliphatic carbocycles. The summed E-state index contributed by atoms with van der Waals surface area (Å²) in [5.74, 6) is 0. The predicted octanol–water partition coefficient (Wildman–Crippen LogP) is 4.70. The zero-order valence-corrected chi connectivity index (χ0v) is 13.9. The van der Waals surface area contributed by atoms with Crippen molar-refractivity contribution < 1.29 is 4.57 Å². The minimum atomic E-state index is 1.01. The molecule has 0 spiro atoms. The van der Waals surface area contributed by atoms with Crippen molar-refractivity contribution in [3.8, 4) is 22.5 Å². The number of pyridine rings is 2. The molecule has 0 bridgehead atoms. The third-order valence-electron chi connectivity index (χ3n) is 4.50. The number of benzene rings is 2. The summed E-state index contributed by atoms with van der Waals surface area (Å²) in [6.07, 6.45) is 4.05. The molecule has 116 valence electrons. The number of nitrogens with zero attached hydrogens (tertiary/aromatic N) is 2. The molecule has 0 amide bonds. The Morgan fingerprint density at radius 2 is 1.62 bits per heavy atom. The summed E-state index contributed by atoms with van der Waals surface area (Å²) in [7, 11) is 2.11. The number of hydrogen-bond donors (Lipinski definition) is 0. The Labute approximate surface area is 142 Å². The number of hydrogen-bond acceptors (Lipinski definition) is 1. The zero-order valence-electron chi connectivity index (χ0n) is 13.9. The van der Waals surface area contributed by atoms with Crippen LogP contribution in [0.4, 0.5) is 0 Å². The lowest BCUT2D eigenvalue weighted by molar-refractivity contribution is -0.659. The van der Waals surface area contributed by atoms with Gasteiger partial charge in [0.15, 0.2) is 6.20 Å². The Bertz CT molecular complexity index is 1020. The van der Waals surface area contributed by atoms with Crippen LogP contribution in [0.2, 0.25) is 0 Å². The fourth-order valence-corrected chi connectivity index (χ4v) is 3.24. The molecule has 0 N–H and O–H groups in total. The first kappa shape index (κ1) is 14.6. The van der Waals surface area contributed by atoms with E-state index in [9.17, 15) is 0 Å². The first-order valence-corrected chi connectivity index (χ1v) is 8.14. The number of fused-ring (bicyclic) bond motifs is 1. The fourth-order valence-electron chi connectivity index (χ4n) is 3.24. The van der Waals surface area contributed by atoms with Gasteiger partial charge in [0, 0.05) is 23.4 Å².